The third-order valence-electron chi connectivity index (χ3n) is 1.72. The van der Waals surface area contributed by atoms with Crippen LogP contribution in [0.2, 0.25) is 0 Å². The van der Waals surface area contributed by atoms with E-state index in [1.807, 2.05) is 6.92 Å². The van der Waals surface area contributed by atoms with Gasteiger partial charge in [-0.2, -0.15) is 17.9 Å². The van der Waals surface area contributed by atoms with Gasteiger partial charge in [-0.15, -0.1) is 0 Å². The Hall–Kier alpha value is -0.660. The van der Waals surface area contributed by atoms with Crippen LogP contribution in [-0.2, 0) is 10.2 Å². The SMILES string of the molecule is CCC(CC(=N)N)NS(=O)(=O)NC(C)(C)C. The second kappa shape index (κ2) is 5.60. The average molecular weight is 250 g/mol. The Morgan fingerprint density at radius 1 is 1.44 bits per heavy atom. The van der Waals surface area contributed by atoms with Crippen LogP contribution >= 0.6 is 0 Å². The number of hydrogen-bond acceptors (Lipinski definition) is 3. The molecule has 96 valence electrons. The van der Waals surface area contributed by atoms with Gasteiger partial charge in [-0.3, -0.25) is 5.41 Å². The van der Waals surface area contributed by atoms with Crippen LogP contribution in [0.3, 0.4) is 0 Å². The molecule has 1 unspecified atom stereocenters. The van der Waals surface area contributed by atoms with Crippen molar-refractivity contribution in [2.24, 2.45) is 5.73 Å². The lowest BCUT2D eigenvalue weighted by atomic mass is 10.1. The van der Waals surface area contributed by atoms with E-state index in [0.717, 1.165) is 0 Å². The maximum atomic E-state index is 11.7. The molecule has 0 spiro atoms. The second-order valence-corrected chi connectivity index (χ2v) is 6.25. The highest BCUT2D eigenvalue weighted by Crippen LogP contribution is 2.04. The highest BCUT2D eigenvalue weighted by molar-refractivity contribution is 7.87. The zero-order valence-corrected chi connectivity index (χ0v) is 11.1. The highest BCUT2D eigenvalue weighted by Gasteiger charge is 2.22. The Morgan fingerprint density at radius 3 is 2.25 bits per heavy atom. The molecule has 0 radical (unpaired) electrons. The van der Waals surface area contributed by atoms with Gasteiger partial charge in [-0.25, -0.2) is 0 Å². The first kappa shape index (κ1) is 15.3. The van der Waals surface area contributed by atoms with Crippen LogP contribution < -0.4 is 15.2 Å². The van der Waals surface area contributed by atoms with Gasteiger partial charge in [0.1, 0.15) is 0 Å². The summed E-state index contributed by atoms with van der Waals surface area (Å²) in [5.41, 5.74) is 4.72. The van der Waals surface area contributed by atoms with Crippen molar-refractivity contribution < 1.29 is 8.42 Å². The van der Waals surface area contributed by atoms with Crippen molar-refractivity contribution in [2.45, 2.75) is 52.1 Å². The minimum atomic E-state index is -3.55. The summed E-state index contributed by atoms with van der Waals surface area (Å²) in [7, 11) is -3.55. The molecule has 0 bridgehead atoms. The molecule has 0 amide bonds. The van der Waals surface area contributed by atoms with Crippen molar-refractivity contribution in [1.29, 1.82) is 5.41 Å². The quantitative estimate of drug-likeness (QED) is 0.402. The number of nitrogens with two attached hydrogens (primary N) is 1. The van der Waals surface area contributed by atoms with E-state index in [2.05, 4.69) is 9.44 Å². The molecule has 0 aliphatic carbocycles. The minimum Gasteiger partial charge on any atom is -0.388 e. The van der Waals surface area contributed by atoms with Crippen LogP contribution in [0.15, 0.2) is 0 Å². The van der Waals surface area contributed by atoms with Crippen molar-refractivity contribution in [1.82, 2.24) is 9.44 Å². The average Bonchev–Trinajstić information content (AvgIpc) is 1.96. The number of hydrogen-bond donors (Lipinski definition) is 4. The molecular weight excluding hydrogens is 228 g/mol. The van der Waals surface area contributed by atoms with E-state index in [9.17, 15) is 8.42 Å². The van der Waals surface area contributed by atoms with Gasteiger partial charge in [0.2, 0.25) is 0 Å². The van der Waals surface area contributed by atoms with E-state index < -0.39 is 15.7 Å². The second-order valence-electron chi connectivity index (χ2n) is 4.81. The molecule has 0 heterocycles. The zero-order chi connectivity index (χ0) is 13.0. The molecule has 0 aromatic rings. The van der Waals surface area contributed by atoms with Crippen LogP contribution in [0.5, 0.6) is 0 Å². The number of nitrogens with one attached hydrogen (secondary N) is 3. The monoisotopic (exact) mass is 250 g/mol. The molecule has 0 aliphatic rings. The molecule has 1 atom stereocenters. The van der Waals surface area contributed by atoms with Gasteiger partial charge >= 0.3 is 0 Å². The summed E-state index contributed by atoms with van der Waals surface area (Å²) in [5.74, 6) is -0.0229. The standard InChI is InChI=1S/C9H22N4O2S/c1-5-7(6-8(10)11)12-16(14,15)13-9(2,3)4/h7,12-13H,5-6H2,1-4H3,(H3,10,11). The summed E-state index contributed by atoms with van der Waals surface area (Å²) in [6.07, 6.45) is 0.812. The van der Waals surface area contributed by atoms with Gasteiger partial charge in [0.25, 0.3) is 10.2 Å². The maximum Gasteiger partial charge on any atom is 0.277 e. The van der Waals surface area contributed by atoms with Crippen molar-refractivity contribution in [3.05, 3.63) is 0 Å². The fourth-order valence-corrected chi connectivity index (χ4v) is 2.74. The van der Waals surface area contributed by atoms with Gasteiger partial charge in [0, 0.05) is 18.0 Å². The predicted molar refractivity (Wildman–Crippen MR) is 65.6 cm³/mol. The molecular formula is C9H22N4O2S. The Kier molecular flexibility index (Phi) is 5.37. The molecule has 16 heavy (non-hydrogen) atoms. The first-order valence-electron chi connectivity index (χ1n) is 5.20. The lowest BCUT2D eigenvalue weighted by molar-refractivity contribution is 0.472. The van der Waals surface area contributed by atoms with Gasteiger partial charge in [-0.05, 0) is 27.2 Å². The number of amidine groups is 1. The van der Waals surface area contributed by atoms with Crippen LogP contribution in [0.25, 0.3) is 0 Å². The van der Waals surface area contributed by atoms with E-state index in [1.165, 1.54) is 0 Å². The maximum absolute atomic E-state index is 11.7. The van der Waals surface area contributed by atoms with Crippen molar-refractivity contribution in [3.63, 3.8) is 0 Å². The first-order chi connectivity index (χ1) is 7.06. The topological polar surface area (TPSA) is 108 Å². The molecule has 6 nitrogen and oxygen atoms in total. The van der Waals surface area contributed by atoms with Gasteiger partial charge in [-0.1, -0.05) is 6.92 Å². The third-order valence-corrected chi connectivity index (χ3v) is 3.25. The Bertz CT molecular complexity index is 332. The lowest BCUT2D eigenvalue weighted by Gasteiger charge is -2.23. The lowest BCUT2D eigenvalue weighted by Crippen LogP contribution is -2.50. The molecule has 0 saturated carbocycles. The smallest absolute Gasteiger partial charge is 0.277 e. The summed E-state index contributed by atoms with van der Waals surface area (Å²) in [4.78, 5) is 0. The fourth-order valence-electron chi connectivity index (χ4n) is 1.19. The van der Waals surface area contributed by atoms with E-state index >= 15 is 0 Å². The Morgan fingerprint density at radius 2 is 1.94 bits per heavy atom. The van der Waals surface area contributed by atoms with Gasteiger partial charge in [0.15, 0.2) is 0 Å². The van der Waals surface area contributed by atoms with Crippen molar-refractivity contribution >= 4 is 16.0 Å². The molecule has 0 rings (SSSR count). The zero-order valence-electron chi connectivity index (χ0n) is 10.3. The van der Waals surface area contributed by atoms with Crippen molar-refractivity contribution in [3.8, 4) is 0 Å². The Labute approximate surface area is 97.7 Å². The third kappa shape index (κ3) is 7.61. The van der Waals surface area contributed by atoms with Crippen LogP contribution in [-0.4, -0.2) is 25.8 Å². The van der Waals surface area contributed by atoms with Gasteiger partial charge in [0.05, 0.1) is 5.84 Å². The summed E-state index contributed by atoms with van der Waals surface area (Å²) in [6.45, 7) is 7.13. The van der Waals surface area contributed by atoms with E-state index in [0.29, 0.717) is 6.42 Å². The first-order valence-corrected chi connectivity index (χ1v) is 6.68. The van der Waals surface area contributed by atoms with Crippen LogP contribution in [0, 0.1) is 5.41 Å². The largest absolute Gasteiger partial charge is 0.388 e. The molecule has 5 N–H and O–H groups in total. The van der Waals surface area contributed by atoms with E-state index in [-0.39, 0.29) is 18.3 Å². The summed E-state index contributed by atoms with van der Waals surface area (Å²) < 4.78 is 28.3. The molecule has 0 aromatic heterocycles. The summed E-state index contributed by atoms with van der Waals surface area (Å²) >= 11 is 0. The fraction of sp³-hybridized carbons (Fsp3) is 0.889. The van der Waals surface area contributed by atoms with E-state index in [1.54, 1.807) is 20.8 Å². The highest BCUT2D eigenvalue weighted by atomic mass is 32.2. The molecule has 0 fully saturated rings. The molecule has 0 aromatic carbocycles. The van der Waals surface area contributed by atoms with Crippen molar-refractivity contribution in [2.75, 3.05) is 0 Å². The molecule has 0 aliphatic heterocycles. The summed E-state index contributed by atoms with van der Waals surface area (Å²) in [6, 6.07) is -0.336. The summed E-state index contributed by atoms with van der Waals surface area (Å²) in [5, 5.41) is 7.14. The van der Waals surface area contributed by atoms with Crippen LogP contribution in [0.4, 0.5) is 0 Å². The van der Waals surface area contributed by atoms with Gasteiger partial charge < -0.3 is 5.73 Å². The van der Waals surface area contributed by atoms with E-state index in [4.69, 9.17) is 11.1 Å². The number of rotatable bonds is 6. The molecule has 7 heteroatoms. The predicted octanol–water partition coefficient (Wildman–Crippen LogP) is 0.314. The van der Waals surface area contributed by atoms with Crippen LogP contribution in [0.1, 0.15) is 40.5 Å². The Balaban J connectivity index is 4.50. The normalized spacial score (nSPS) is 14.8. The molecule has 0 saturated heterocycles. The minimum absolute atomic E-state index is 0.0229.